The highest BCUT2D eigenvalue weighted by atomic mass is 32.2. The molecule has 0 aliphatic carbocycles. The Morgan fingerprint density at radius 3 is 2.56 bits per heavy atom. The van der Waals surface area contributed by atoms with E-state index in [2.05, 4.69) is 36.9 Å². The molecule has 0 N–H and O–H groups in total. The number of rotatable bonds is 6. The zero-order chi connectivity index (χ0) is 22.7. The van der Waals surface area contributed by atoms with Gasteiger partial charge in [0.2, 0.25) is 0 Å². The van der Waals surface area contributed by atoms with E-state index >= 15 is 0 Å². The number of hydrogen-bond donors (Lipinski definition) is 0. The summed E-state index contributed by atoms with van der Waals surface area (Å²) in [7, 11) is 0. The second-order valence-electron chi connectivity index (χ2n) is 9.11. The lowest BCUT2D eigenvalue weighted by Gasteiger charge is -2.36. The number of nitrogens with zero attached hydrogens (tertiary/aromatic N) is 3. The summed E-state index contributed by atoms with van der Waals surface area (Å²) >= 11 is 1.62. The normalized spacial score (nSPS) is 17.7. The van der Waals surface area contributed by atoms with Gasteiger partial charge in [-0.25, -0.2) is 4.98 Å². The highest BCUT2D eigenvalue weighted by Gasteiger charge is 2.33. The second-order valence-corrected chi connectivity index (χ2v) is 10.1. The Morgan fingerprint density at radius 2 is 1.91 bits per heavy atom. The van der Waals surface area contributed by atoms with Gasteiger partial charge in [-0.2, -0.15) is 5.26 Å². The number of thioether (sulfide) groups is 1. The van der Waals surface area contributed by atoms with E-state index in [1.54, 1.807) is 11.8 Å². The Morgan fingerprint density at radius 1 is 1.19 bits per heavy atom. The van der Waals surface area contributed by atoms with Gasteiger partial charge in [0.05, 0.1) is 37.1 Å². The standard InChI is InChI=1S/C25H31N3O3S/c1-17(2)31-19-7-5-18(6-8-19)16-32-24-21(14-26)20-13-25(3,4)30-15-22(20)23(27-24)28-9-11-29-12-10-28/h5-8,17H,9-13,15-16H2,1-4H3. The molecule has 2 aliphatic rings. The molecular weight excluding hydrogens is 422 g/mol. The Hall–Kier alpha value is -2.27. The highest BCUT2D eigenvalue weighted by molar-refractivity contribution is 7.98. The first-order valence-corrected chi connectivity index (χ1v) is 12.2. The fourth-order valence-corrected chi connectivity index (χ4v) is 5.03. The Labute approximate surface area is 194 Å². The maximum Gasteiger partial charge on any atom is 0.135 e. The van der Waals surface area contributed by atoms with Crippen molar-refractivity contribution in [2.45, 2.75) is 63.2 Å². The summed E-state index contributed by atoms with van der Waals surface area (Å²) in [5, 5.41) is 10.9. The second kappa shape index (κ2) is 9.70. The molecule has 7 heteroatoms. The molecule has 1 fully saturated rings. The molecule has 32 heavy (non-hydrogen) atoms. The molecular formula is C25H31N3O3S. The number of fused-ring (bicyclic) bond motifs is 1. The number of morpholine rings is 1. The van der Waals surface area contributed by atoms with Gasteiger partial charge in [0.1, 0.15) is 22.7 Å². The van der Waals surface area contributed by atoms with Crippen molar-refractivity contribution in [2.24, 2.45) is 0 Å². The van der Waals surface area contributed by atoms with Crippen molar-refractivity contribution in [1.82, 2.24) is 4.98 Å². The number of pyridine rings is 1. The molecule has 0 unspecified atom stereocenters. The Kier molecular flexibility index (Phi) is 6.94. The molecule has 0 atom stereocenters. The van der Waals surface area contributed by atoms with Crippen LogP contribution in [0.1, 0.15) is 49.9 Å². The van der Waals surface area contributed by atoms with E-state index in [-0.39, 0.29) is 11.7 Å². The highest BCUT2D eigenvalue weighted by Crippen LogP contribution is 2.39. The van der Waals surface area contributed by atoms with Crippen LogP contribution in [0.2, 0.25) is 0 Å². The van der Waals surface area contributed by atoms with E-state index in [0.29, 0.717) is 31.8 Å². The summed E-state index contributed by atoms with van der Waals surface area (Å²) < 4.78 is 17.4. The van der Waals surface area contributed by atoms with E-state index in [0.717, 1.165) is 46.6 Å². The minimum Gasteiger partial charge on any atom is -0.491 e. The average Bonchev–Trinajstić information content (AvgIpc) is 2.77. The molecule has 0 spiro atoms. The first-order valence-electron chi connectivity index (χ1n) is 11.2. The van der Waals surface area contributed by atoms with Crippen molar-refractivity contribution >= 4 is 17.6 Å². The molecule has 170 valence electrons. The molecule has 0 amide bonds. The summed E-state index contributed by atoms with van der Waals surface area (Å²) in [5.74, 6) is 2.56. The summed E-state index contributed by atoms with van der Waals surface area (Å²) in [6, 6.07) is 10.6. The maximum absolute atomic E-state index is 10.1. The van der Waals surface area contributed by atoms with Crippen LogP contribution in [0.5, 0.6) is 5.75 Å². The molecule has 4 rings (SSSR count). The van der Waals surface area contributed by atoms with Crippen LogP contribution in [0.15, 0.2) is 29.3 Å². The van der Waals surface area contributed by atoms with Crippen LogP contribution < -0.4 is 9.64 Å². The van der Waals surface area contributed by atoms with E-state index in [1.165, 1.54) is 5.56 Å². The molecule has 1 aromatic carbocycles. The van der Waals surface area contributed by atoms with Crippen LogP contribution in [0.4, 0.5) is 5.82 Å². The lowest BCUT2D eigenvalue weighted by molar-refractivity contribution is -0.0402. The fraction of sp³-hybridized carbons (Fsp3) is 0.520. The monoisotopic (exact) mass is 453 g/mol. The molecule has 1 saturated heterocycles. The van der Waals surface area contributed by atoms with E-state index < -0.39 is 0 Å². The van der Waals surface area contributed by atoms with Crippen molar-refractivity contribution in [3.8, 4) is 11.8 Å². The topological polar surface area (TPSA) is 67.6 Å². The quantitative estimate of drug-likeness (QED) is 0.586. The Balaban J connectivity index is 1.64. The van der Waals surface area contributed by atoms with Crippen LogP contribution in [0.25, 0.3) is 0 Å². The third-order valence-electron chi connectivity index (χ3n) is 5.66. The van der Waals surface area contributed by atoms with Crippen molar-refractivity contribution in [2.75, 3.05) is 31.2 Å². The Bertz CT molecular complexity index is 993. The van der Waals surface area contributed by atoms with E-state index in [1.807, 2.05) is 26.0 Å². The lowest BCUT2D eigenvalue weighted by atomic mass is 9.89. The summed E-state index contributed by atoms with van der Waals surface area (Å²) in [5.41, 5.74) is 3.71. The van der Waals surface area contributed by atoms with Crippen LogP contribution in [0, 0.1) is 11.3 Å². The lowest BCUT2D eigenvalue weighted by Crippen LogP contribution is -2.39. The number of ether oxygens (including phenoxy) is 3. The average molecular weight is 454 g/mol. The first kappa shape index (κ1) is 22.9. The molecule has 3 heterocycles. The van der Waals surface area contributed by atoms with Crippen molar-refractivity contribution in [3.63, 3.8) is 0 Å². The molecule has 0 bridgehead atoms. The van der Waals surface area contributed by atoms with Crippen LogP contribution in [-0.4, -0.2) is 43.0 Å². The minimum absolute atomic E-state index is 0.153. The number of hydrogen-bond acceptors (Lipinski definition) is 7. The number of aromatic nitrogens is 1. The molecule has 0 saturated carbocycles. The summed E-state index contributed by atoms with van der Waals surface area (Å²) in [4.78, 5) is 7.28. The molecule has 2 aliphatic heterocycles. The predicted octanol–water partition coefficient (Wildman–Crippen LogP) is 4.72. The van der Waals surface area contributed by atoms with Crippen LogP contribution in [-0.2, 0) is 28.3 Å². The zero-order valence-electron chi connectivity index (χ0n) is 19.3. The van der Waals surface area contributed by atoms with Crippen LogP contribution in [0.3, 0.4) is 0 Å². The van der Waals surface area contributed by atoms with Crippen molar-refractivity contribution in [3.05, 3.63) is 46.5 Å². The van der Waals surface area contributed by atoms with E-state index in [4.69, 9.17) is 19.2 Å². The third kappa shape index (κ3) is 5.20. The van der Waals surface area contributed by atoms with Gasteiger partial charge in [-0.15, -0.1) is 11.8 Å². The van der Waals surface area contributed by atoms with Gasteiger partial charge in [-0.1, -0.05) is 12.1 Å². The number of anilines is 1. The smallest absolute Gasteiger partial charge is 0.135 e. The molecule has 1 aromatic heterocycles. The van der Waals surface area contributed by atoms with Gasteiger partial charge in [0.15, 0.2) is 0 Å². The third-order valence-corrected chi connectivity index (χ3v) is 6.71. The molecule has 2 aromatic rings. The van der Waals surface area contributed by atoms with Gasteiger partial charge in [0, 0.05) is 30.8 Å². The molecule has 0 radical (unpaired) electrons. The first-order chi connectivity index (χ1) is 15.4. The number of nitriles is 1. The molecule has 6 nitrogen and oxygen atoms in total. The number of benzene rings is 1. The fourth-order valence-electron chi connectivity index (χ4n) is 4.07. The van der Waals surface area contributed by atoms with Crippen molar-refractivity contribution < 1.29 is 14.2 Å². The van der Waals surface area contributed by atoms with Gasteiger partial charge in [-0.3, -0.25) is 0 Å². The SMILES string of the molecule is CC(C)Oc1ccc(CSc2nc(N3CCOCC3)c3c(c2C#N)CC(C)(C)OC3)cc1. The van der Waals surface area contributed by atoms with Gasteiger partial charge < -0.3 is 19.1 Å². The van der Waals surface area contributed by atoms with Gasteiger partial charge in [0.25, 0.3) is 0 Å². The minimum atomic E-state index is -0.295. The van der Waals surface area contributed by atoms with Gasteiger partial charge in [-0.05, 0) is 51.0 Å². The predicted molar refractivity (Wildman–Crippen MR) is 126 cm³/mol. The summed E-state index contributed by atoms with van der Waals surface area (Å²) in [6.45, 7) is 11.7. The van der Waals surface area contributed by atoms with Crippen molar-refractivity contribution in [1.29, 1.82) is 5.26 Å². The summed E-state index contributed by atoms with van der Waals surface area (Å²) in [6.07, 6.45) is 0.861. The van der Waals surface area contributed by atoms with E-state index in [9.17, 15) is 5.26 Å². The maximum atomic E-state index is 10.1. The van der Waals surface area contributed by atoms with Crippen LogP contribution >= 0.6 is 11.8 Å². The van der Waals surface area contributed by atoms with Gasteiger partial charge >= 0.3 is 0 Å². The largest absolute Gasteiger partial charge is 0.491 e. The zero-order valence-corrected chi connectivity index (χ0v) is 20.1.